The molecule has 1 aromatic heterocycles. The molecule has 2 rings (SSSR count). The molecule has 1 aliphatic rings. The van der Waals surface area contributed by atoms with E-state index < -0.39 is 11.9 Å². The van der Waals surface area contributed by atoms with E-state index in [9.17, 15) is 18.0 Å². The van der Waals surface area contributed by atoms with E-state index in [-0.39, 0.29) is 23.8 Å². The van der Waals surface area contributed by atoms with Crippen LogP contribution in [0.5, 0.6) is 0 Å². The molecule has 1 aliphatic heterocycles. The highest BCUT2D eigenvalue weighted by Gasteiger charge is 2.37. The van der Waals surface area contributed by atoms with Crippen molar-refractivity contribution in [3.63, 3.8) is 0 Å². The van der Waals surface area contributed by atoms with Gasteiger partial charge in [-0.3, -0.25) is 4.79 Å². The van der Waals surface area contributed by atoms with Gasteiger partial charge in [-0.05, 0) is 19.9 Å². The monoisotopic (exact) mass is 288 g/mol. The number of anilines is 1. The van der Waals surface area contributed by atoms with Gasteiger partial charge in [0.15, 0.2) is 0 Å². The molecule has 1 aromatic rings. The van der Waals surface area contributed by atoms with Crippen molar-refractivity contribution in [1.29, 1.82) is 0 Å². The Morgan fingerprint density at radius 1 is 1.45 bits per heavy atom. The molecular formula is C12H15F3N4O. The standard InChI is InChI=1S/C12H15F3N4O/c1-7(2)17-10(20)8-5-19(6-8)11-16-4-3-9(18-11)12(13,14)15/h3-4,7-8H,5-6H2,1-2H3,(H,17,20). The lowest BCUT2D eigenvalue weighted by molar-refractivity contribution is -0.141. The number of carbonyl (C=O) groups excluding carboxylic acids is 1. The predicted octanol–water partition coefficient (Wildman–Crippen LogP) is 1.46. The van der Waals surface area contributed by atoms with E-state index in [0.29, 0.717) is 13.1 Å². The SMILES string of the molecule is CC(C)NC(=O)C1CN(c2nccc(C(F)(F)F)n2)C1. The number of amides is 1. The third-order valence-corrected chi connectivity index (χ3v) is 2.90. The first-order chi connectivity index (χ1) is 9.27. The number of hydrogen-bond donors (Lipinski definition) is 1. The molecule has 8 heteroatoms. The Morgan fingerprint density at radius 3 is 2.65 bits per heavy atom. The summed E-state index contributed by atoms with van der Waals surface area (Å²) in [6.07, 6.45) is -3.41. The molecule has 0 atom stereocenters. The van der Waals surface area contributed by atoms with Crippen molar-refractivity contribution in [3.8, 4) is 0 Å². The van der Waals surface area contributed by atoms with Crippen LogP contribution in [0.4, 0.5) is 19.1 Å². The minimum atomic E-state index is -4.49. The summed E-state index contributed by atoms with van der Waals surface area (Å²) in [6.45, 7) is 4.37. The van der Waals surface area contributed by atoms with Crippen molar-refractivity contribution in [2.45, 2.75) is 26.1 Å². The summed E-state index contributed by atoms with van der Waals surface area (Å²) in [4.78, 5) is 20.5. The highest BCUT2D eigenvalue weighted by molar-refractivity contribution is 5.81. The van der Waals surface area contributed by atoms with E-state index in [4.69, 9.17) is 0 Å². The molecule has 0 saturated carbocycles. The van der Waals surface area contributed by atoms with Crippen molar-refractivity contribution in [1.82, 2.24) is 15.3 Å². The maximum atomic E-state index is 12.5. The van der Waals surface area contributed by atoms with Crippen molar-refractivity contribution in [2.24, 2.45) is 5.92 Å². The number of rotatable bonds is 3. The van der Waals surface area contributed by atoms with E-state index in [0.717, 1.165) is 12.3 Å². The summed E-state index contributed by atoms with van der Waals surface area (Å²) in [6, 6.07) is 0.869. The van der Waals surface area contributed by atoms with Gasteiger partial charge in [0.05, 0.1) is 5.92 Å². The van der Waals surface area contributed by atoms with Gasteiger partial charge in [0.1, 0.15) is 5.69 Å². The molecule has 0 radical (unpaired) electrons. The number of hydrogen-bond acceptors (Lipinski definition) is 4. The summed E-state index contributed by atoms with van der Waals surface area (Å²) in [5, 5.41) is 2.77. The molecule has 20 heavy (non-hydrogen) atoms. The van der Waals surface area contributed by atoms with Gasteiger partial charge < -0.3 is 10.2 Å². The first-order valence-corrected chi connectivity index (χ1v) is 6.23. The van der Waals surface area contributed by atoms with Gasteiger partial charge in [0, 0.05) is 25.3 Å². The lowest BCUT2D eigenvalue weighted by Gasteiger charge is -2.38. The number of nitrogens with zero attached hydrogens (tertiary/aromatic N) is 3. The van der Waals surface area contributed by atoms with Crippen LogP contribution >= 0.6 is 0 Å². The van der Waals surface area contributed by atoms with Gasteiger partial charge in [-0.2, -0.15) is 13.2 Å². The molecule has 1 amide bonds. The van der Waals surface area contributed by atoms with Crippen molar-refractivity contribution in [2.75, 3.05) is 18.0 Å². The maximum Gasteiger partial charge on any atom is 0.433 e. The van der Waals surface area contributed by atoms with Gasteiger partial charge >= 0.3 is 6.18 Å². The molecule has 0 aromatic carbocycles. The summed E-state index contributed by atoms with van der Waals surface area (Å²) in [5.74, 6) is -0.313. The molecule has 2 heterocycles. The maximum absolute atomic E-state index is 12.5. The summed E-state index contributed by atoms with van der Waals surface area (Å²) < 4.78 is 37.6. The van der Waals surface area contributed by atoms with Crippen LogP contribution in [0.25, 0.3) is 0 Å². The fraction of sp³-hybridized carbons (Fsp3) is 0.583. The van der Waals surface area contributed by atoms with Crippen LogP contribution < -0.4 is 10.2 Å². The normalized spacial score (nSPS) is 16.2. The molecule has 110 valence electrons. The lowest BCUT2D eigenvalue weighted by atomic mass is 9.99. The van der Waals surface area contributed by atoms with Crippen LogP contribution in [0.3, 0.4) is 0 Å². The summed E-state index contributed by atoms with van der Waals surface area (Å²) >= 11 is 0. The Hall–Kier alpha value is -1.86. The quantitative estimate of drug-likeness (QED) is 0.914. The molecule has 1 fully saturated rings. The van der Waals surface area contributed by atoms with E-state index in [1.807, 2.05) is 13.8 Å². The fourth-order valence-corrected chi connectivity index (χ4v) is 1.87. The van der Waals surface area contributed by atoms with Crippen LogP contribution in [0, 0.1) is 5.92 Å². The summed E-state index contributed by atoms with van der Waals surface area (Å²) in [7, 11) is 0. The molecule has 5 nitrogen and oxygen atoms in total. The molecule has 0 aliphatic carbocycles. The molecule has 0 bridgehead atoms. The zero-order valence-corrected chi connectivity index (χ0v) is 11.1. The predicted molar refractivity (Wildman–Crippen MR) is 66.0 cm³/mol. The summed E-state index contributed by atoms with van der Waals surface area (Å²) in [5.41, 5.74) is -0.974. The van der Waals surface area contributed by atoms with Crippen LogP contribution in [0.1, 0.15) is 19.5 Å². The fourth-order valence-electron chi connectivity index (χ4n) is 1.87. The first kappa shape index (κ1) is 14.5. The molecular weight excluding hydrogens is 273 g/mol. The third kappa shape index (κ3) is 3.17. The Kier molecular flexibility index (Phi) is 3.82. The van der Waals surface area contributed by atoms with Crippen LogP contribution in [0.2, 0.25) is 0 Å². The second-order valence-electron chi connectivity index (χ2n) is 5.00. The highest BCUT2D eigenvalue weighted by atomic mass is 19.4. The van der Waals surface area contributed by atoms with Crippen LogP contribution in [0.15, 0.2) is 12.3 Å². The topological polar surface area (TPSA) is 58.1 Å². The highest BCUT2D eigenvalue weighted by Crippen LogP contribution is 2.29. The Bertz CT molecular complexity index is 498. The van der Waals surface area contributed by atoms with Crippen molar-refractivity contribution >= 4 is 11.9 Å². The van der Waals surface area contributed by atoms with E-state index in [1.165, 1.54) is 0 Å². The third-order valence-electron chi connectivity index (χ3n) is 2.90. The largest absolute Gasteiger partial charge is 0.433 e. The number of aromatic nitrogens is 2. The molecule has 0 spiro atoms. The Balaban J connectivity index is 1.98. The van der Waals surface area contributed by atoms with Crippen molar-refractivity contribution in [3.05, 3.63) is 18.0 Å². The van der Waals surface area contributed by atoms with Crippen molar-refractivity contribution < 1.29 is 18.0 Å². The average molecular weight is 288 g/mol. The lowest BCUT2D eigenvalue weighted by Crippen LogP contribution is -2.55. The number of halogens is 3. The smallest absolute Gasteiger partial charge is 0.354 e. The number of carbonyl (C=O) groups is 1. The number of alkyl halides is 3. The molecule has 1 N–H and O–H groups in total. The van der Waals surface area contributed by atoms with E-state index in [1.54, 1.807) is 4.90 Å². The second-order valence-corrected chi connectivity index (χ2v) is 5.00. The zero-order chi connectivity index (χ0) is 14.9. The molecule has 0 unspecified atom stereocenters. The van der Waals surface area contributed by atoms with Gasteiger partial charge in [-0.15, -0.1) is 0 Å². The van der Waals surface area contributed by atoms with E-state index >= 15 is 0 Å². The second kappa shape index (κ2) is 5.26. The van der Waals surface area contributed by atoms with Gasteiger partial charge in [-0.1, -0.05) is 0 Å². The Labute approximate surface area is 114 Å². The van der Waals surface area contributed by atoms with E-state index in [2.05, 4.69) is 15.3 Å². The zero-order valence-electron chi connectivity index (χ0n) is 11.1. The number of nitrogens with one attached hydrogen (secondary N) is 1. The minimum absolute atomic E-state index is 0.00780. The average Bonchev–Trinajstić information content (AvgIpc) is 2.25. The van der Waals surface area contributed by atoms with Crippen LogP contribution in [-0.2, 0) is 11.0 Å². The van der Waals surface area contributed by atoms with Gasteiger partial charge in [-0.25, -0.2) is 9.97 Å². The van der Waals surface area contributed by atoms with Crippen LogP contribution in [-0.4, -0.2) is 35.0 Å². The Morgan fingerprint density at radius 2 is 2.10 bits per heavy atom. The van der Waals surface area contributed by atoms with Gasteiger partial charge in [0.25, 0.3) is 0 Å². The first-order valence-electron chi connectivity index (χ1n) is 6.23. The minimum Gasteiger partial charge on any atom is -0.354 e. The van der Waals surface area contributed by atoms with Gasteiger partial charge in [0.2, 0.25) is 11.9 Å². The molecule has 1 saturated heterocycles.